The lowest BCUT2D eigenvalue weighted by molar-refractivity contribution is -0.129. The number of hydrazine groups is 2. The Hall–Kier alpha value is -4.22. The fraction of sp³-hybridized carbons (Fsp3) is 0.182. The van der Waals surface area contributed by atoms with Gasteiger partial charge in [-0.1, -0.05) is 18.2 Å². The lowest BCUT2D eigenvalue weighted by Crippen LogP contribution is -2.40. The highest BCUT2D eigenvalue weighted by Crippen LogP contribution is 2.42. The summed E-state index contributed by atoms with van der Waals surface area (Å²) in [5, 5.41) is 2.30. The van der Waals surface area contributed by atoms with Gasteiger partial charge in [-0.25, -0.2) is 21.7 Å². The zero-order chi connectivity index (χ0) is 23.9. The largest absolute Gasteiger partial charge is 0.339 e. The molecular formula is C22H24N8O3. The van der Waals surface area contributed by atoms with Gasteiger partial charge in [-0.2, -0.15) is 0 Å². The number of aromatic nitrogens is 2. The molecule has 2 aromatic heterocycles. The summed E-state index contributed by atoms with van der Waals surface area (Å²) in [5.41, 5.74) is 2.77. The molecule has 0 spiro atoms. The van der Waals surface area contributed by atoms with Crippen molar-refractivity contribution in [1.82, 2.24) is 14.6 Å². The molecule has 1 aromatic carbocycles. The van der Waals surface area contributed by atoms with Crippen LogP contribution in [0.3, 0.4) is 0 Å². The van der Waals surface area contributed by atoms with Gasteiger partial charge in [0.1, 0.15) is 5.82 Å². The Balaban J connectivity index is 1.97. The summed E-state index contributed by atoms with van der Waals surface area (Å²) in [6.45, 7) is 2.78. The minimum absolute atomic E-state index is 0.0794. The van der Waals surface area contributed by atoms with Crippen LogP contribution in [0, 0.1) is 0 Å². The van der Waals surface area contributed by atoms with Crippen molar-refractivity contribution in [2.75, 3.05) is 22.4 Å². The van der Waals surface area contributed by atoms with Gasteiger partial charge in [0.2, 0.25) is 11.8 Å². The molecule has 3 aromatic rings. The van der Waals surface area contributed by atoms with Crippen molar-refractivity contribution in [1.29, 1.82) is 0 Å². The predicted octanol–water partition coefficient (Wildman–Crippen LogP) is 1.05. The Kier molecular flexibility index (Phi) is 5.58. The predicted molar refractivity (Wildman–Crippen MR) is 123 cm³/mol. The summed E-state index contributed by atoms with van der Waals surface area (Å²) in [4.78, 5) is 42.5. The fourth-order valence-electron chi connectivity index (χ4n) is 3.87. The number of carbonyl (C=O) groups excluding carboxylic acids is 3. The van der Waals surface area contributed by atoms with E-state index in [1.807, 2.05) is 18.2 Å². The molecule has 2 amide bonds. The number of nitrogens with two attached hydrogens (primary N) is 3. The maximum atomic E-state index is 13.2. The van der Waals surface area contributed by atoms with Crippen molar-refractivity contribution < 1.29 is 14.4 Å². The normalized spacial score (nSPS) is 13.0. The first-order valence-electron chi connectivity index (χ1n) is 10.1. The number of nitrogen functional groups attached to an aromatic ring is 1. The quantitative estimate of drug-likeness (QED) is 0.304. The highest BCUT2D eigenvalue weighted by Gasteiger charge is 2.36. The first-order valence-corrected chi connectivity index (χ1v) is 10.1. The lowest BCUT2D eigenvalue weighted by Gasteiger charge is -2.27. The van der Waals surface area contributed by atoms with E-state index in [0.717, 1.165) is 5.01 Å². The molecule has 3 heterocycles. The third-order valence-corrected chi connectivity index (χ3v) is 5.56. The maximum Gasteiger partial charge on any atom is 0.239 e. The van der Waals surface area contributed by atoms with E-state index in [9.17, 15) is 14.4 Å². The van der Waals surface area contributed by atoms with Crippen molar-refractivity contribution in [3.8, 4) is 11.3 Å². The van der Waals surface area contributed by atoms with Crippen LogP contribution < -0.4 is 27.5 Å². The topological polar surface area (TPSA) is 157 Å². The van der Waals surface area contributed by atoms with Gasteiger partial charge in [0.25, 0.3) is 0 Å². The fourth-order valence-corrected chi connectivity index (χ4v) is 3.87. The van der Waals surface area contributed by atoms with Gasteiger partial charge in [0.05, 0.1) is 41.4 Å². The van der Waals surface area contributed by atoms with Crippen LogP contribution in [0.5, 0.6) is 0 Å². The molecule has 0 saturated heterocycles. The van der Waals surface area contributed by atoms with E-state index in [-0.39, 0.29) is 30.6 Å². The summed E-state index contributed by atoms with van der Waals surface area (Å²) >= 11 is 0. The molecule has 1 aliphatic rings. The molecule has 11 nitrogen and oxygen atoms in total. The lowest BCUT2D eigenvalue weighted by atomic mass is 10.0. The Labute approximate surface area is 189 Å². The van der Waals surface area contributed by atoms with E-state index in [0.29, 0.717) is 33.9 Å². The summed E-state index contributed by atoms with van der Waals surface area (Å²) in [6.07, 6.45) is 1.48. The second kappa shape index (κ2) is 8.37. The highest BCUT2D eigenvalue weighted by molar-refractivity contribution is 6.10. The highest BCUT2D eigenvalue weighted by atomic mass is 16.2. The number of hydrogen-bond donors (Lipinski definition) is 3. The summed E-state index contributed by atoms with van der Waals surface area (Å²) < 4.78 is 1.36. The number of anilines is 3. The average Bonchev–Trinajstić information content (AvgIpc) is 3.11. The van der Waals surface area contributed by atoms with Gasteiger partial charge in [-0.05, 0) is 24.3 Å². The van der Waals surface area contributed by atoms with Gasteiger partial charge in [0.15, 0.2) is 5.78 Å². The van der Waals surface area contributed by atoms with Gasteiger partial charge >= 0.3 is 0 Å². The van der Waals surface area contributed by atoms with Crippen molar-refractivity contribution >= 4 is 34.8 Å². The van der Waals surface area contributed by atoms with Crippen molar-refractivity contribution in [2.45, 2.75) is 20.4 Å². The van der Waals surface area contributed by atoms with Crippen LogP contribution >= 0.6 is 0 Å². The van der Waals surface area contributed by atoms with Crippen molar-refractivity contribution in [3.05, 3.63) is 59.9 Å². The van der Waals surface area contributed by atoms with E-state index in [1.54, 1.807) is 24.3 Å². The maximum absolute atomic E-state index is 13.2. The van der Waals surface area contributed by atoms with E-state index < -0.39 is 5.91 Å². The number of carbonyl (C=O) groups is 3. The number of pyridine rings is 1. The van der Waals surface area contributed by atoms with Crippen molar-refractivity contribution in [2.24, 2.45) is 11.7 Å². The minimum Gasteiger partial charge on any atom is -0.339 e. The third kappa shape index (κ3) is 3.79. The molecular weight excluding hydrogens is 424 g/mol. The second-order valence-corrected chi connectivity index (χ2v) is 7.68. The first-order chi connectivity index (χ1) is 15.7. The molecule has 33 heavy (non-hydrogen) atoms. The molecule has 1 aliphatic heterocycles. The molecule has 11 heteroatoms. The van der Waals surface area contributed by atoms with E-state index in [1.165, 1.54) is 34.6 Å². The Morgan fingerprint density at radius 1 is 1.06 bits per heavy atom. The number of Topliss-reactive ketones (excluding diaryl/α,β-unsaturated/α-hetero) is 1. The number of ketones is 1. The molecule has 6 N–H and O–H groups in total. The number of benzene rings is 1. The van der Waals surface area contributed by atoms with Crippen LogP contribution in [-0.4, -0.2) is 38.7 Å². The standard InChI is InChI=1S/C22H24N8O3/c1-13(31)27-11-17-20(18(33)12-27)22(29(24)16-6-4-3-5-7-16)21(30(17)25)15-8-9-26-19(10-15)28(23)14(2)32/h3-10H,11-12,23-25H2,1-2H3. The van der Waals surface area contributed by atoms with Gasteiger partial charge in [-0.3, -0.25) is 24.1 Å². The molecule has 0 fully saturated rings. The number of amides is 2. The molecule has 0 radical (unpaired) electrons. The Morgan fingerprint density at radius 3 is 2.39 bits per heavy atom. The number of para-hydroxylation sites is 1. The van der Waals surface area contributed by atoms with E-state index in [4.69, 9.17) is 17.5 Å². The van der Waals surface area contributed by atoms with Crippen LogP contribution in [0.2, 0.25) is 0 Å². The zero-order valence-electron chi connectivity index (χ0n) is 18.2. The molecule has 0 unspecified atom stereocenters. The molecule has 0 bridgehead atoms. The molecule has 0 atom stereocenters. The van der Waals surface area contributed by atoms with Crippen LogP contribution in [0.1, 0.15) is 29.9 Å². The van der Waals surface area contributed by atoms with Crippen molar-refractivity contribution in [3.63, 3.8) is 0 Å². The summed E-state index contributed by atoms with van der Waals surface area (Å²) in [5.74, 6) is 18.1. The van der Waals surface area contributed by atoms with Crippen LogP contribution in [0.15, 0.2) is 48.7 Å². The second-order valence-electron chi connectivity index (χ2n) is 7.68. The van der Waals surface area contributed by atoms with Crippen LogP contribution in [-0.2, 0) is 16.1 Å². The number of nitrogens with zero attached hydrogens (tertiary/aromatic N) is 5. The minimum atomic E-state index is -0.403. The van der Waals surface area contributed by atoms with E-state index in [2.05, 4.69) is 4.98 Å². The number of rotatable bonds is 4. The molecule has 4 rings (SSSR count). The third-order valence-electron chi connectivity index (χ3n) is 5.56. The van der Waals surface area contributed by atoms with Crippen LogP contribution in [0.25, 0.3) is 11.3 Å². The van der Waals surface area contributed by atoms with Gasteiger partial charge in [-0.15, -0.1) is 0 Å². The SMILES string of the molecule is CC(=O)N1CC(=O)c2c(N(N)c3ccccc3)c(-c3ccnc(N(N)C(C)=O)c3)n(N)c2C1. The van der Waals surface area contributed by atoms with E-state index >= 15 is 0 Å². The number of hydrogen-bond acceptors (Lipinski definition) is 8. The molecule has 170 valence electrons. The first kappa shape index (κ1) is 22.0. The number of fused-ring (bicyclic) bond motifs is 1. The van der Waals surface area contributed by atoms with Gasteiger partial charge in [0, 0.05) is 25.6 Å². The van der Waals surface area contributed by atoms with Crippen LogP contribution in [0.4, 0.5) is 17.2 Å². The smallest absolute Gasteiger partial charge is 0.239 e. The zero-order valence-corrected chi connectivity index (χ0v) is 18.2. The average molecular weight is 448 g/mol. The molecule has 0 saturated carbocycles. The molecule has 0 aliphatic carbocycles. The monoisotopic (exact) mass is 448 g/mol. The summed E-state index contributed by atoms with van der Waals surface area (Å²) in [6, 6.07) is 12.4. The Bertz CT molecular complexity index is 1250. The van der Waals surface area contributed by atoms with Gasteiger partial charge < -0.3 is 10.7 Å². The Morgan fingerprint density at radius 2 is 1.76 bits per heavy atom. The summed E-state index contributed by atoms with van der Waals surface area (Å²) in [7, 11) is 0.